The highest BCUT2D eigenvalue weighted by Crippen LogP contribution is 2.16. The molecule has 0 bridgehead atoms. The maximum absolute atomic E-state index is 11.9. The Morgan fingerprint density at radius 3 is 2.33 bits per heavy atom. The first-order valence-electron chi connectivity index (χ1n) is 5.77. The van der Waals surface area contributed by atoms with E-state index in [0.29, 0.717) is 5.56 Å². The first kappa shape index (κ1) is 12.2. The molecule has 0 saturated heterocycles. The second kappa shape index (κ2) is 4.96. The van der Waals surface area contributed by atoms with Crippen LogP contribution < -0.4 is 10.2 Å². The fourth-order valence-electron chi connectivity index (χ4n) is 1.68. The van der Waals surface area contributed by atoms with Gasteiger partial charge < -0.3 is 14.8 Å². The van der Waals surface area contributed by atoms with Gasteiger partial charge in [-0.1, -0.05) is 0 Å². The van der Waals surface area contributed by atoms with E-state index < -0.39 is 0 Å². The number of rotatable bonds is 3. The van der Waals surface area contributed by atoms with Gasteiger partial charge in [0, 0.05) is 44.9 Å². The summed E-state index contributed by atoms with van der Waals surface area (Å²) in [7, 11) is 5.86. The van der Waals surface area contributed by atoms with Crippen LogP contribution in [-0.2, 0) is 7.05 Å². The number of nitrogens with zero attached hydrogens (tertiary/aromatic N) is 2. The molecule has 1 heterocycles. The van der Waals surface area contributed by atoms with Crippen molar-refractivity contribution in [2.45, 2.75) is 0 Å². The Labute approximate surface area is 107 Å². The van der Waals surface area contributed by atoms with Crippen LogP contribution in [0, 0.1) is 0 Å². The number of benzene rings is 1. The van der Waals surface area contributed by atoms with Crippen LogP contribution in [0.1, 0.15) is 10.4 Å². The highest BCUT2D eigenvalue weighted by atomic mass is 16.1. The lowest BCUT2D eigenvalue weighted by Crippen LogP contribution is -2.12. The Morgan fingerprint density at radius 2 is 1.83 bits per heavy atom. The Bertz CT molecular complexity index is 540. The lowest BCUT2D eigenvalue weighted by Gasteiger charge is -2.12. The van der Waals surface area contributed by atoms with Crippen molar-refractivity contribution in [2.75, 3.05) is 24.3 Å². The van der Waals surface area contributed by atoms with Crippen molar-refractivity contribution in [2.24, 2.45) is 7.05 Å². The summed E-state index contributed by atoms with van der Waals surface area (Å²) in [5, 5.41) is 2.87. The molecule has 0 atom stereocenters. The predicted octanol–water partition coefficient (Wildman–Crippen LogP) is 2.34. The van der Waals surface area contributed by atoms with E-state index in [1.807, 2.05) is 61.1 Å². The van der Waals surface area contributed by atoms with Crippen LogP contribution in [0.3, 0.4) is 0 Å². The highest BCUT2D eigenvalue weighted by Gasteiger charge is 2.06. The van der Waals surface area contributed by atoms with Crippen molar-refractivity contribution in [1.29, 1.82) is 0 Å². The molecule has 0 unspecified atom stereocenters. The van der Waals surface area contributed by atoms with Gasteiger partial charge in [0.1, 0.15) is 0 Å². The number of carbonyl (C=O) groups is 1. The van der Waals surface area contributed by atoms with E-state index in [1.54, 1.807) is 12.3 Å². The molecular weight excluding hydrogens is 226 g/mol. The van der Waals surface area contributed by atoms with E-state index in [1.165, 1.54) is 0 Å². The first-order valence-corrected chi connectivity index (χ1v) is 5.77. The van der Waals surface area contributed by atoms with E-state index in [-0.39, 0.29) is 5.91 Å². The smallest absolute Gasteiger partial charge is 0.257 e. The van der Waals surface area contributed by atoms with Gasteiger partial charge in [-0.2, -0.15) is 0 Å². The van der Waals surface area contributed by atoms with Crippen molar-refractivity contribution in [1.82, 2.24) is 4.57 Å². The molecule has 0 saturated carbocycles. The number of aromatic nitrogens is 1. The summed E-state index contributed by atoms with van der Waals surface area (Å²) in [5.74, 6) is -0.0896. The van der Waals surface area contributed by atoms with E-state index in [2.05, 4.69) is 5.32 Å². The van der Waals surface area contributed by atoms with Crippen LogP contribution in [0.25, 0.3) is 0 Å². The summed E-state index contributed by atoms with van der Waals surface area (Å²) >= 11 is 0. The SMILES string of the molecule is CN(C)c1ccc(NC(=O)c2ccn(C)c2)cc1. The van der Waals surface area contributed by atoms with Crippen molar-refractivity contribution in [3.05, 3.63) is 48.3 Å². The van der Waals surface area contributed by atoms with Gasteiger partial charge in [0.2, 0.25) is 0 Å². The molecule has 0 aliphatic rings. The zero-order chi connectivity index (χ0) is 13.1. The molecule has 2 rings (SSSR count). The van der Waals surface area contributed by atoms with Gasteiger partial charge in [-0.25, -0.2) is 0 Å². The van der Waals surface area contributed by atoms with Crippen LogP contribution in [0.5, 0.6) is 0 Å². The van der Waals surface area contributed by atoms with Crippen LogP contribution in [0.2, 0.25) is 0 Å². The van der Waals surface area contributed by atoms with Crippen LogP contribution in [0.15, 0.2) is 42.7 Å². The summed E-state index contributed by atoms with van der Waals surface area (Å²) in [4.78, 5) is 13.9. The third-order valence-electron chi connectivity index (χ3n) is 2.74. The minimum absolute atomic E-state index is 0.0896. The fraction of sp³-hybridized carbons (Fsp3) is 0.214. The summed E-state index contributed by atoms with van der Waals surface area (Å²) in [5.41, 5.74) is 2.57. The maximum Gasteiger partial charge on any atom is 0.257 e. The Balaban J connectivity index is 2.07. The zero-order valence-electron chi connectivity index (χ0n) is 10.8. The number of aryl methyl sites for hydroxylation is 1. The molecule has 1 N–H and O–H groups in total. The molecular formula is C14H17N3O. The Morgan fingerprint density at radius 1 is 1.17 bits per heavy atom. The Kier molecular flexibility index (Phi) is 3.37. The van der Waals surface area contributed by atoms with Crippen molar-refractivity contribution >= 4 is 17.3 Å². The second-order valence-electron chi connectivity index (χ2n) is 4.46. The summed E-state index contributed by atoms with van der Waals surface area (Å²) in [6.45, 7) is 0. The third kappa shape index (κ3) is 2.71. The number of anilines is 2. The molecule has 1 aromatic heterocycles. The summed E-state index contributed by atoms with van der Waals surface area (Å²) < 4.78 is 1.85. The average molecular weight is 243 g/mol. The quantitative estimate of drug-likeness (QED) is 0.898. The Hall–Kier alpha value is -2.23. The molecule has 0 aliphatic heterocycles. The van der Waals surface area contributed by atoms with E-state index in [4.69, 9.17) is 0 Å². The van der Waals surface area contributed by atoms with Gasteiger partial charge in [-0.05, 0) is 30.3 Å². The van der Waals surface area contributed by atoms with Gasteiger partial charge in [0.25, 0.3) is 5.91 Å². The predicted molar refractivity (Wildman–Crippen MR) is 74.1 cm³/mol. The average Bonchev–Trinajstić information content (AvgIpc) is 2.76. The molecule has 4 heteroatoms. The molecule has 1 amide bonds. The topological polar surface area (TPSA) is 37.3 Å². The fourth-order valence-corrected chi connectivity index (χ4v) is 1.68. The zero-order valence-corrected chi connectivity index (χ0v) is 10.8. The molecule has 1 aromatic carbocycles. The summed E-state index contributed by atoms with van der Waals surface area (Å²) in [6.07, 6.45) is 3.65. The number of hydrogen-bond acceptors (Lipinski definition) is 2. The molecule has 0 fully saturated rings. The molecule has 2 aromatic rings. The number of amides is 1. The standard InChI is InChI=1S/C14H17N3O/c1-16(2)13-6-4-12(5-7-13)15-14(18)11-8-9-17(3)10-11/h4-10H,1-3H3,(H,15,18). The number of carbonyl (C=O) groups excluding carboxylic acids is 1. The minimum atomic E-state index is -0.0896. The van der Waals surface area contributed by atoms with Crippen molar-refractivity contribution < 1.29 is 4.79 Å². The normalized spacial score (nSPS) is 10.2. The second-order valence-corrected chi connectivity index (χ2v) is 4.46. The lowest BCUT2D eigenvalue weighted by atomic mass is 10.2. The van der Waals surface area contributed by atoms with Gasteiger partial charge in [-0.15, -0.1) is 0 Å². The highest BCUT2D eigenvalue weighted by molar-refractivity contribution is 6.04. The van der Waals surface area contributed by atoms with Crippen LogP contribution in [0.4, 0.5) is 11.4 Å². The molecule has 0 radical (unpaired) electrons. The molecule has 4 nitrogen and oxygen atoms in total. The van der Waals surface area contributed by atoms with Crippen LogP contribution >= 0.6 is 0 Å². The van der Waals surface area contributed by atoms with Gasteiger partial charge in [0.15, 0.2) is 0 Å². The number of hydrogen-bond donors (Lipinski definition) is 1. The van der Waals surface area contributed by atoms with Gasteiger partial charge in [-0.3, -0.25) is 4.79 Å². The summed E-state index contributed by atoms with van der Waals surface area (Å²) in [6, 6.07) is 9.54. The first-order chi connectivity index (χ1) is 8.56. The van der Waals surface area contributed by atoms with Crippen LogP contribution in [-0.4, -0.2) is 24.6 Å². The van der Waals surface area contributed by atoms with Gasteiger partial charge >= 0.3 is 0 Å². The monoisotopic (exact) mass is 243 g/mol. The van der Waals surface area contributed by atoms with E-state index in [9.17, 15) is 4.79 Å². The van der Waals surface area contributed by atoms with E-state index >= 15 is 0 Å². The third-order valence-corrected chi connectivity index (χ3v) is 2.74. The maximum atomic E-state index is 11.9. The minimum Gasteiger partial charge on any atom is -0.378 e. The molecule has 0 aliphatic carbocycles. The van der Waals surface area contributed by atoms with E-state index in [0.717, 1.165) is 11.4 Å². The van der Waals surface area contributed by atoms with Crippen molar-refractivity contribution in [3.8, 4) is 0 Å². The van der Waals surface area contributed by atoms with Gasteiger partial charge in [0.05, 0.1) is 5.56 Å². The molecule has 94 valence electrons. The molecule has 0 spiro atoms. The largest absolute Gasteiger partial charge is 0.378 e. The van der Waals surface area contributed by atoms with Crippen molar-refractivity contribution in [3.63, 3.8) is 0 Å². The molecule has 18 heavy (non-hydrogen) atoms. The lowest BCUT2D eigenvalue weighted by molar-refractivity contribution is 0.102. The number of nitrogens with one attached hydrogen (secondary N) is 1.